The van der Waals surface area contributed by atoms with Gasteiger partial charge >= 0.3 is 0 Å². The van der Waals surface area contributed by atoms with E-state index in [0.717, 1.165) is 17.6 Å². The number of azo groups is 1. The molecule has 0 amide bonds. The summed E-state index contributed by atoms with van der Waals surface area (Å²) in [6.45, 7) is 1.99. The van der Waals surface area contributed by atoms with E-state index in [-0.39, 0.29) is 0 Å². The predicted molar refractivity (Wildman–Crippen MR) is 81.3 cm³/mol. The molecular weight excluding hydrogens is 292 g/mol. The minimum atomic E-state index is 0.379. The number of aryl methyl sites for hydroxylation is 1. The molecule has 21 heavy (non-hydrogen) atoms. The van der Waals surface area contributed by atoms with Gasteiger partial charge in [-0.1, -0.05) is 22.7 Å². The monoisotopic (exact) mass is 306 g/mol. The molecule has 0 aliphatic carbocycles. The smallest absolute Gasteiger partial charge is 0.110 e. The molecule has 2 rings (SSSR count). The Balaban J connectivity index is 2.24. The van der Waals surface area contributed by atoms with Crippen molar-refractivity contribution >= 4 is 34.8 Å². The van der Waals surface area contributed by atoms with E-state index in [1.54, 1.807) is 6.07 Å². The average molecular weight is 306 g/mol. The van der Waals surface area contributed by atoms with E-state index in [4.69, 9.17) is 16.7 Å². The van der Waals surface area contributed by atoms with Gasteiger partial charge in [0, 0.05) is 5.69 Å². The van der Waals surface area contributed by atoms with Gasteiger partial charge in [0.15, 0.2) is 0 Å². The fourth-order valence-electron chi connectivity index (χ4n) is 1.54. The number of benzene rings is 2. The topological polar surface area (TPSA) is 115 Å². The van der Waals surface area contributed by atoms with Gasteiger partial charge in [-0.15, -0.1) is 9.45 Å². The van der Waals surface area contributed by atoms with Crippen LogP contribution in [0.4, 0.5) is 22.7 Å². The summed E-state index contributed by atoms with van der Waals surface area (Å²) < 4.78 is 4.35. The van der Waals surface area contributed by atoms with Crippen molar-refractivity contribution in [2.75, 3.05) is 11.5 Å². The average Bonchev–Trinajstić information content (AvgIpc) is 2.47. The zero-order valence-corrected chi connectivity index (χ0v) is 12.0. The third-order valence-corrected chi connectivity index (χ3v) is 3.28. The Morgan fingerprint density at radius 2 is 1.76 bits per heavy atom. The Morgan fingerprint density at radius 3 is 2.43 bits per heavy atom. The van der Waals surface area contributed by atoms with E-state index in [1.165, 1.54) is 6.07 Å². The number of hydrogen-bond donors (Lipinski definition) is 3. The van der Waals surface area contributed by atoms with Crippen molar-refractivity contribution in [1.82, 2.24) is 0 Å². The first-order valence-corrected chi connectivity index (χ1v) is 6.66. The van der Waals surface area contributed by atoms with Crippen LogP contribution in [0.3, 0.4) is 0 Å². The normalized spacial score (nSPS) is 11.1. The maximum absolute atomic E-state index is 8.17. The summed E-state index contributed by atoms with van der Waals surface area (Å²) in [4.78, 5) is 0.496. The zero-order chi connectivity index (χ0) is 15.2. The molecule has 0 atom stereocenters. The SMILES string of the molecule is Cc1ccc(N=Nc2cc(SOOO)c(N)cc2N)cc1. The molecule has 2 aromatic carbocycles. The van der Waals surface area contributed by atoms with Crippen molar-refractivity contribution in [2.45, 2.75) is 11.8 Å². The molecule has 0 fully saturated rings. The fraction of sp³-hybridized carbons (Fsp3) is 0.0769. The minimum Gasteiger partial charge on any atom is -0.398 e. The second-order valence-corrected chi connectivity index (χ2v) is 4.95. The Hall–Kier alpha value is -2.13. The summed E-state index contributed by atoms with van der Waals surface area (Å²) in [6, 6.07) is 10.7. The number of nitrogen functional groups attached to an aromatic ring is 2. The lowest BCUT2D eigenvalue weighted by Gasteiger charge is -2.06. The summed E-state index contributed by atoms with van der Waals surface area (Å²) in [5.74, 6) is 0. The number of nitrogens with two attached hydrogens (primary N) is 2. The van der Waals surface area contributed by atoms with Crippen LogP contribution in [0.25, 0.3) is 0 Å². The molecular formula is C13H14N4O3S. The Labute approximate surface area is 125 Å². The van der Waals surface area contributed by atoms with Crippen LogP contribution in [0, 0.1) is 6.92 Å². The minimum absolute atomic E-state index is 0.379. The second-order valence-electron chi connectivity index (χ2n) is 4.21. The van der Waals surface area contributed by atoms with Gasteiger partial charge in [0.05, 0.1) is 28.3 Å². The van der Waals surface area contributed by atoms with Gasteiger partial charge in [0.1, 0.15) is 5.69 Å². The maximum Gasteiger partial charge on any atom is 0.110 e. The second kappa shape index (κ2) is 7.04. The van der Waals surface area contributed by atoms with Gasteiger partial charge in [0.2, 0.25) is 0 Å². The predicted octanol–water partition coefficient (Wildman–Crippen LogP) is 4.00. The highest BCUT2D eigenvalue weighted by Gasteiger charge is 2.08. The van der Waals surface area contributed by atoms with Crippen LogP contribution in [0.5, 0.6) is 0 Å². The molecule has 0 heterocycles. The van der Waals surface area contributed by atoms with E-state index in [0.29, 0.717) is 27.6 Å². The number of hydrogen-bond acceptors (Lipinski definition) is 8. The highest BCUT2D eigenvalue weighted by molar-refractivity contribution is 7.94. The quantitative estimate of drug-likeness (QED) is 0.253. The van der Waals surface area contributed by atoms with E-state index in [1.807, 2.05) is 31.2 Å². The molecule has 7 nitrogen and oxygen atoms in total. The van der Waals surface area contributed by atoms with E-state index in [2.05, 4.69) is 19.6 Å². The molecule has 8 heteroatoms. The van der Waals surface area contributed by atoms with Gasteiger partial charge in [-0.3, -0.25) is 0 Å². The first-order valence-electron chi connectivity index (χ1n) is 5.92. The third-order valence-electron chi connectivity index (χ3n) is 2.62. The standard InChI is InChI=1S/C13H14N4O3S/c1-8-2-4-9(5-3-8)16-17-12-7-13(21-20-19-18)11(15)6-10(12)14/h2-7,18H,14-15H2,1H3. The largest absolute Gasteiger partial charge is 0.398 e. The van der Waals surface area contributed by atoms with Crippen LogP contribution in [-0.2, 0) is 9.37 Å². The van der Waals surface area contributed by atoms with Crippen molar-refractivity contribution in [2.24, 2.45) is 10.2 Å². The summed E-state index contributed by atoms with van der Waals surface area (Å²) in [5.41, 5.74) is 14.7. The summed E-state index contributed by atoms with van der Waals surface area (Å²) in [7, 11) is 0. The van der Waals surface area contributed by atoms with Crippen LogP contribution in [-0.4, -0.2) is 5.26 Å². The van der Waals surface area contributed by atoms with Crippen molar-refractivity contribution in [3.8, 4) is 0 Å². The van der Waals surface area contributed by atoms with Gasteiger partial charge < -0.3 is 11.5 Å². The van der Waals surface area contributed by atoms with E-state index < -0.39 is 0 Å². The molecule has 0 saturated heterocycles. The van der Waals surface area contributed by atoms with Crippen LogP contribution in [0.1, 0.15) is 5.56 Å². The van der Waals surface area contributed by atoms with Gasteiger partial charge in [-0.05, 0) is 31.2 Å². The fourth-order valence-corrected chi connectivity index (χ4v) is 1.96. The summed E-state index contributed by atoms with van der Waals surface area (Å²) >= 11 is 0.739. The first-order chi connectivity index (χ1) is 10.1. The van der Waals surface area contributed by atoms with Crippen molar-refractivity contribution in [3.05, 3.63) is 42.0 Å². The molecule has 2 aromatic rings. The van der Waals surface area contributed by atoms with Crippen molar-refractivity contribution in [1.29, 1.82) is 0 Å². The molecule has 0 radical (unpaired) electrons. The van der Waals surface area contributed by atoms with E-state index >= 15 is 0 Å². The first kappa shape index (κ1) is 15.3. The Kier molecular flexibility index (Phi) is 5.12. The van der Waals surface area contributed by atoms with Crippen LogP contribution < -0.4 is 11.5 Å². The molecule has 0 aromatic heterocycles. The number of rotatable bonds is 5. The molecule has 0 spiro atoms. The lowest BCUT2D eigenvalue weighted by molar-refractivity contribution is -0.432. The molecule has 5 N–H and O–H groups in total. The molecule has 110 valence electrons. The number of anilines is 2. The molecule has 0 aliphatic rings. The Bertz CT molecular complexity index is 647. The van der Waals surface area contributed by atoms with Crippen molar-refractivity contribution < 1.29 is 14.6 Å². The zero-order valence-electron chi connectivity index (χ0n) is 11.2. The van der Waals surface area contributed by atoms with Gasteiger partial charge in [-0.25, -0.2) is 5.26 Å². The summed E-state index contributed by atoms with van der Waals surface area (Å²) in [6.07, 6.45) is 0. The van der Waals surface area contributed by atoms with E-state index in [9.17, 15) is 0 Å². The van der Waals surface area contributed by atoms with Crippen molar-refractivity contribution in [3.63, 3.8) is 0 Å². The molecule has 0 aliphatic heterocycles. The molecule has 0 bridgehead atoms. The van der Waals surface area contributed by atoms with Crippen LogP contribution in [0.2, 0.25) is 0 Å². The highest BCUT2D eigenvalue weighted by Crippen LogP contribution is 2.35. The van der Waals surface area contributed by atoms with Crippen LogP contribution >= 0.6 is 12.0 Å². The summed E-state index contributed by atoms with van der Waals surface area (Å²) in [5, 5.41) is 19.9. The van der Waals surface area contributed by atoms with Gasteiger partial charge in [0.25, 0.3) is 0 Å². The third kappa shape index (κ3) is 4.17. The number of nitrogens with zero attached hydrogens (tertiary/aromatic N) is 2. The lowest BCUT2D eigenvalue weighted by atomic mass is 10.2. The van der Waals surface area contributed by atoms with Gasteiger partial charge in [-0.2, -0.15) is 5.11 Å². The molecule has 0 unspecified atom stereocenters. The van der Waals surface area contributed by atoms with Crippen LogP contribution in [0.15, 0.2) is 51.5 Å². The molecule has 0 saturated carbocycles. The highest BCUT2D eigenvalue weighted by atomic mass is 32.2. The maximum atomic E-state index is 8.17. The lowest BCUT2D eigenvalue weighted by Crippen LogP contribution is -1.93. The Morgan fingerprint density at radius 1 is 1.05 bits per heavy atom.